The summed E-state index contributed by atoms with van der Waals surface area (Å²) in [5.74, 6) is -0.786. The Hall–Kier alpha value is -1.08. The zero-order valence-corrected chi connectivity index (χ0v) is 12.7. The van der Waals surface area contributed by atoms with E-state index >= 15 is 0 Å². The molecule has 0 unspecified atom stereocenters. The van der Waals surface area contributed by atoms with Gasteiger partial charge in [0.05, 0.1) is 22.1 Å². The van der Waals surface area contributed by atoms with Crippen LogP contribution in [0.3, 0.4) is 0 Å². The molecule has 2 N–H and O–H groups in total. The molecule has 19 heavy (non-hydrogen) atoms. The van der Waals surface area contributed by atoms with E-state index < -0.39 is 25.4 Å². The fourth-order valence-electron chi connectivity index (χ4n) is 1.68. The predicted molar refractivity (Wildman–Crippen MR) is 76.6 cm³/mol. The minimum Gasteiger partial charge on any atom is -0.397 e. The van der Waals surface area contributed by atoms with Crippen LogP contribution in [0.2, 0.25) is 0 Å². The molecule has 0 atom stereocenters. The third-order valence-electron chi connectivity index (χ3n) is 2.80. The average molecular weight is 305 g/mol. The fraction of sp³-hybridized carbons (Fsp3) is 0.500. The van der Waals surface area contributed by atoms with Crippen molar-refractivity contribution < 1.29 is 16.8 Å². The largest absolute Gasteiger partial charge is 0.397 e. The molecular formula is C12H19NO4S2. The first kappa shape index (κ1) is 16.0. The second kappa shape index (κ2) is 5.92. The van der Waals surface area contributed by atoms with Crippen molar-refractivity contribution >= 4 is 25.4 Å². The molecule has 0 aliphatic rings. The summed E-state index contributed by atoms with van der Waals surface area (Å²) in [4.78, 5) is 0.0131. The molecule has 0 aliphatic heterocycles. The molecule has 0 aromatic heterocycles. The van der Waals surface area contributed by atoms with E-state index in [2.05, 4.69) is 0 Å². The van der Waals surface area contributed by atoms with E-state index in [0.29, 0.717) is 12.0 Å². The van der Waals surface area contributed by atoms with Gasteiger partial charge in [-0.3, -0.25) is 0 Å². The van der Waals surface area contributed by atoms with Crippen molar-refractivity contribution in [2.45, 2.75) is 25.2 Å². The van der Waals surface area contributed by atoms with Gasteiger partial charge in [-0.05, 0) is 25.0 Å². The summed E-state index contributed by atoms with van der Waals surface area (Å²) in [6.07, 6.45) is 0.481. The van der Waals surface area contributed by atoms with Crippen molar-refractivity contribution in [3.8, 4) is 0 Å². The predicted octanol–water partition coefficient (Wildman–Crippen LogP) is 1.18. The Kier molecular flexibility index (Phi) is 4.98. The van der Waals surface area contributed by atoms with Gasteiger partial charge in [-0.1, -0.05) is 19.1 Å². The maximum Gasteiger partial charge on any atom is 0.181 e. The molecule has 0 aliphatic carbocycles. The van der Waals surface area contributed by atoms with Crippen molar-refractivity contribution in [3.05, 3.63) is 23.8 Å². The summed E-state index contributed by atoms with van der Waals surface area (Å²) in [7, 11) is -6.98. The normalized spacial score (nSPS) is 12.5. The number of para-hydroxylation sites is 1. The highest BCUT2D eigenvalue weighted by Gasteiger charge is 2.21. The Morgan fingerprint density at radius 1 is 1.05 bits per heavy atom. The van der Waals surface area contributed by atoms with Gasteiger partial charge in [0, 0.05) is 5.75 Å². The molecule has 5 nitrogen and oxygen atoms in total. The highest BCUT2D eigenvalue weighted by atomic mass is 32.2. The quantitative estimate of drug-likeness (QED) is 0.796. The van der Waals surface area contributed by atoms with Crippen LogP contribution in [-0.2, 0) is 19.7 Å². The first-order valence-corrected chi connectivity index (χ1v) is 9.45. The van der Waals surface area contributed by atoms with Crippen LogP contribution in [-0.4, -0.2) is 34.1 Å². The Labute approximate surface area is 114 Å². The van der Waals surface area contributed by atoms with Crippen molar-refractivity contribution in [1.29, 1.82) is 0 Å². The maximum absolute atomic E-state index is 12.1. The number of nitrogens with two attached hydrogens (primary N) is 1. The van der Waals surface area contributed by atoms with Crippen LogP contribution in [0.15, 0.2) is 23.1 Å². The molecule has 0 amide bonds. The second-order valence-corrected chi connectivity index (χ2v) is 8.84. The van der Waals surface area contributed by atoms with Crippen molar-refractivity contribution in [3.63, 3.8) is 0 Å². The van der Waals surface area contributed by atoms with E-state index in [9.17, 15) is 16.8 Å². The standard InChI is InChI=1S/C12H19NO4S2/c1-3-7-18(14,15)8-9-19(16,17)11-6-4-5-10(2)12(11)13/h4-6H,3,7-9,13H2,1-2H3. The Morgan fingerprint density at radius 2 is 1.68 bits per heavy atom. The zero-order chi connectivity index (χ0) is 14.7. The molecule has 0 saturated carbocycles. The van der Waals surface area contributed by atoms with Crippen LogP contribution in [0.1, 0.15) is 18.9 Å². The lowest BCUT2D eigenvalue weighted by atomic mass is 10.2. The number of nitrogen functional groups attached to an aromatic ring is 1. The van der Waals surface area contributed by atoms with Gasteiger partial charge in [0.1, 0.15) is 0 Å². The molecule has 0 bridgehead atoms. The third-order valence-corrected chi connectivity index (χ3v) is 6.68. The minimum absolute atomic E-state index is 0.00577. The third kappa shape index (κ3) is 4.21. The van der Waals surface area contributed by atoms with Crippen LogP contribution < -0.4 is 5.73 Å². The number of benzene rings is 1. The van der Waals surface area contributed by atoms with Crippen LogP contribution in [0.5, 0.6) is 0 Å². The van der Waals surface area contributed by atoms with Gasteiger partial charge in [-0.15, -0.1) is 0 Å². The first-order valence-electron chi connectivity index (χ1n) is 5.98. The number of hydrogen-bond donors (Lipinski definition) is 1. The summed E-state index contributed by atoms with van der Waals surface area (Å²) in [5.41, 5.74) is 6.59. The topological polar surface area (TPSA) is 94.3 Å². The monoisotopic (exact) mass is 305 g/mol. The number of hydrogen-bond acceptors (Lipinski definition) is 5. The molecule has 7 heteroatoms. The van der Waals surface area contributed by atoms with Crippen molar-refractivity contribution in [1.82, 2.24) is 0 Å². The van der Waals surface area contributed by atoms with Gasteiger partial charge in [0.25, 0.3) is 0 Å². The summed E-state index contributed by atoms with van der Waals surface area (Å²) in [5, 5.41) is 0. The summed E-state index contributed by atoms with van der Waals surface area (Å²) < 4.78 is 47.4. The summed E-state index contributed by atoms with van der Waals surface area (Å²) in [6.45, 7) is 3.45. The second-order valence-electron chi connectivity index (χ2n) is 4.46. The lowest BCUT2D eigenvalue weighted by Gasteiger charge is -2.09. The number of aryl methyl sites for hydroxylation is 1. The van der Waals surface area contributed by atoms with Crippen LogP contribution in [0.25, 0.3) is 0 Å². The highest BCUT2D eigenvalue weighted by molar-refractivity contribution is 7.95. The molecule has 1 aromatic carbocycles. The van der Waals surface area contributed by atoms with Gasteiger partial charge >= 0.3 is 0 Å². The van der Waals surface area contributed by atoms with E-state index in [4.69, 9.17) is 5.73 Å². The lowest BCUT2D eigenvalue weighted by molar-refractivity contribution is 0.587. The number of sulfone groups is 2. The molecular weight excluding hydrogens is 286 g/mol. The van der Waals surface area contributed by atoms with Crippen LogP contribution >= 0.6 is 0 Å². The van der Waals surface area contributed by atoms with Gasteiger partial charge in [-0.25, -0.2) is 16.8 Å². The molecule has 0 saturated heterocycles. The Bertz CT molecular complexity index is 648. The molecule has 0 radical (unpaired) electrons. The van der Waals surface area contributed by atoms with E-state index in [1.54, 1.807) is 26.0 Å². The van der Waals surface area contributed by atoms with Gasteiger partial charge < -0.3 is 5.73 Å². The molecule has 0 fully saturated rings. The molecule has 108 valence electrons. The van der Waals surface area contributed by atoms with E-state index in [0.717, 1.165) is 0 Å². The SMILES string of the molecule is CCCS(=O)(=O)CCS(=O)(=O)c1cccc(C)c1N. The highest BCUT2D eigenvalue weighted by Crippen LogP contribution is 2.22. The van der Waals surface area contributed by atoms with Gasteiger partial charge in [0.15, 0.2) is 19.7 Å². The zero-order valence-electron chi connectivity index (χ0n) is 11.1. The molecule has 1 aromatic rings. The smallest absolute Gasteiger partial charge is 0.181 e. The Balaban J connectivity index is 2.97. The van der Waals surface area contributed by atoms with E-state index in [-0.39, 0.29) is 22.1 Å². The van der Waals surface area contributed by atoms with E-state index in [1.807, 2.05) is 0 Å². The number of rotatable bonds is 6. The summed E-state index contributed by atoms with van der Waals surface area (Å²) >= 11 is 0. The maximum atomic E-state index is 12.1. The molecule has 0 heterocycles. The minimum atomic E-state index is -3.67. The van der Waals surface area contributed by atoms with E-state index in [1.165, 1.54) is 6.07 Å². The van der Waals surface area contributed by atoms with Crippen molar-refractivity contribution in [2.24, 2.45) is 0 Å². The Morgan fingerprint density at radius 3 is 2.26 bits per heavy atom. The fourth-order valence-corrected chi connectivity index (χ4v) is 5.41. The number of anilines is 1. The molecule has 0 spiro atoms. The molecule has 1 rings (SSSR count). The lowest BCUT2D eigenvalue weighted by Crippen LogP contribution is -2.20. The first-order chi connectivity index (χ1) is 8.69. The van der Waals surface area contributed by atoms with Crippen LogP contribution in [0, 0.1) is 6.92 Å². The van der Waals surface area contributed by atoms with Crippen LogP contribution in [0.4, 0.5) is 5.69 Å². The van der Waals surface area contributed by atoms with Gasteiger partial charge in [-0.2, -0.15) is 0 Å². The van der Waals surface area contributed by atoms with Gasteiger partial charge in [0.2, 0.25) is 0 Å². The average Bonchev–Trinajstić information content (AvgIpc) is 2.30. The summed E-state index contributed by atoms with van der Waals surface area (Å²) in [6, 6.07) is 4.71. The van der Waals surface area contributed by atoms with Crippen molar-refractivity contribution in [2.75, 3.05) is 23.0 Å².